The Balaban J connectivity index is 0.00000180. The van der Waals surface area contributed by atoms with Crippen molar-refractivity contribution in [2.75, 3.05) is 18.4 Å². The van der Waals surface area contributed by atoms with Crippen LogP contribution in [0.1, 0.15) is 6.92 Å². The molecule has 0 spiro atoms. The van der Waals surface area contributed by atoms with E-state index in [1.807, 2.05) is 6.92 Å². The molecule has 1 aliphatic rings. The van der Waals surface area contributed by atoms with Crippen molar-refractivity contribution >= 4 is 24.1 Å². The Morgan fingerprint density at radius 3 is 2.84 bits per heavy atom. The number of alkyl halides is 2. The molecule has 1 aliphatic heterocycles. The molecule has 8 heteroatoms. The van der Waals surface area contributed by atoms with E-state index in [9.17, 15) is 13.6 Å². The number of carbonyl (C=O) groups excluding carboxylic acids is 1. The summed E-state index contributed by atoms with van der Waals surface area (Å²) in [4.78, 5) is 11.8. The van der Waals surface area contributed by atoms with Crippen LogP contribution in [0.5, 0.6) is 0 Å². The van der Waals surface area contributed by atoms with Crippen LogP contribution in [-0.4, -0.2) is 35.2 Å². The Hall–Kier alpha value is -1.21. The van der Waals surface area contributed by atoms with E-state index in [-0.39, 0.29) is 24.2 Å². The molecule has 5 nitrogen and oxygen atoms in total. The minimum Gasteiger partial charge on any atom is -0.316 e. The predicted octanol–water partition coefficient (Wildman–Crippen LogP) is 1.36. The van der Waals surface area contributed by atoms with Gasteiger partial charge in [0.25, 0.3) is 6.43 Å². The van der Waals surface area contributed by atoms with Crippen LogP contribution >= 0.6 is 12.4 Å². The van der Waals surface area contributed by atoms with Crippen LogP contribution in [0.4, 0.5) is 14.6 Å². The van der Waals surface area contributed by atoms with Gasteiger partial charge in [0.05, 0.1) is 0 Å². The second kappa shape index (κ2) is 6.81. The molecular formula is C11H17ClF2N4O. The van der Waals surface area contributed by atoms with Crippen molar-refractivity contribution in [3.05, 3.63) is 12.3 Å². The highest BCUT2D eigenvalue weighted by Crippen LogP contribution is 2.17. The average molecular weight is 295 g/mol. The summed E-state index contributed by atoms with van der Waals surface area (Å²) in [6, 6.07) is 1.52. The number of amides is 1. The van der Waals surface area contributed by atoms with Gasteiger partial charge in [-0.3, -0.25) is 9.48 Å². The van der Waals surface area contributed by atoms with E-state index in [4.69, 9.17) is 0 Å². The molecule has 2 rings (SSSR count). The van der Waals surface area contributed by atoms with Gasteiger partial charge >= 0.3 is 0 Å². The largest absolute Gasteiger partial charge is 0.316 e. The Kier molecular flexibility index (Phi) is 5.68. The molecular weight excluding hydrogens is 278 g/mol. The molecule has 1 amide bonds. The predicted molar refractivity (Wildman–Crippen MR) is 69.6 cm³/mol. The van der Waals surface area contributed by atoms with Crippen molar-refractivity contribution < 1.29 is 13.6 Å². The third kappa shape index (κ3) is 4.14. The zero-order chi connectivity index (χ0) is 13.1. The summed E-state index contributed by atoms with van der Waals surface area (Å²) in [5.41, 5.74) is 0. The molecule has 1 atom stereocenters. The lowest BCUT2D eigenvalue weighted by molar-refractivity contribution is -0.121. The maximum absolute atomic E-state index is 12.1. The summed E-state index contributed by atoms with van der Waals surface area (Å²) in [6.07, 6.45) is -1.02. The van der Waals surface area contributed by atoms with Crippen LogP contribution in [0.2, 0.25) is 0 Å². The number of anilines is 1. The summed E-state index contributed by atoms with van der Waals surface area (Å²) >= 11 is 0. The van der Waals surface area contributed by atoms with Crippen molar-refractivity contribution in [3.8, 4) is 0 Å². The van der Waals surface area contributed by atoms with E-state index in [2.05, 4.69) is 15.7 Å². The number of halogens is 3. The van der Waals surface area contributed by atoms with Crippen molar-refractivity contribution in [1.82, 2.24) is 15.1 Å². The van der Waals surface area contributed by atoms with Gasteiger partial charge in [-0.25, -0.2) is 8.78 Å². The van der Waals surface area contributed by atoms with E-state index < -0.39 is 13.0 Å². The fraction of sp³-hybridized carbons (Fsp3) is 0.636. The van der Waals surface area contributed by atoms with Crippen LogP contribution < -0.4 is 10.6 Å². The second-order valence-corrected chi connectivity index (χ2v) is 4.51. The first kappa shape index (κ1) is 15.8. The minimum atomic E-state index is -2.45. The van der Waals surface area contributed by atoms with Gasteiger partial charge in [0.15, 0.2) is 5.82 Å². The lowest BCUT2D eigenvalue weighted by atomic mass is 9.88. The number of nitrogens with zero attached hydrogens (tertiary/aromatic N) is 2. The normalized spacial score (nSPS) is 16.6. The summed E-state index contributed by atoms with van der Waals surface area (Å²) in [5.74, 6) is 0.434. The molecule has 1 aromatic rings. The van der Waals surface area contributed by atoms with Gasteiger partial charge in [-0.2, -0.15) is 5.10 Å². The Bertz CT molecular complexity index is 423. The molecule has 108 valence electrons. The second-order valence-electron chi connectivity index (χ2n) is 4.51. The SMILES string of the molecule is CC(C(=O)Nc1ccn(CC(F)F)n1)C1CNC1.Cl. The fourth-order valence-corrected chi connectivity index (χ4v) is 1.79. The fourth-order valence-electron chi connectivity index (χ4n) is 1.79. The van der Waals surface area contributed by atoms with Gasteiger partial charge in [0.1, 0.15) is 6.54 Å². The molecule has 0 radical (unpaired) electrons. The molecule has 1 saturated heterocycles. The molecule has 0 aliphatic carbocycles. The molecule has 0 bridgehead atoms. The summed E-state index contributed by atoms with van der Waals surface area (Å²) in [6.45, 7) is 3.08. The highest BCUT2D eigenvalue weighted by atomic mass is 35.5. The summed E-state index contributed by atoms with van der Waals surface area (Å²) < 4.78 is 25.4. The molecule has 0 saturated carbocycles. The van der Waals surface area contributed by atoms with E-state index >= 15 is 0 Å². The molecule has 1 aromatic heterocycles. The van der Waals surface area contributed by atoms with Crippen LogP contribution in [0.3, 0.4) is 0 Å². The highest BCUT2D eigenvalue weighted by molar-refractivity contribution is 5.91. The first-order valence-electron chi connectivity index (χ1n) is 5.89. The molecule has 0 aromatic carbocycles. The first-order chi connectivity index (χ1) is 8.56. The van der Waals surface area contributed by atoms with Gasteiger partial charge in [-0.1, -0.05) is 6.92 Å². The van der Waals surface area contributed by atoms with E-state index in [1.165, 1.54) is 12.3 Å². The molecule has 1 fully saturated rings. The summed E-state index contributed by atoms with van der Waals surface area (Å²) in [7, 11) is 0. The number of hydrogen-bond donors (Lipinski definition) is 2. The molecule has 1 unspecified atom stereocenters. The maximum atomic E-state index is 12.1. The third-order valence-electron chi connectivity index (χ3n) is 3.15. The van der Waals surface area contributed by atoms with E-state index in [0.717, 1.165) is 17.8 Å². The Morgan fingerprint density at radius 2 is 2.32 bits per heavy atom. The number of nitrogens with one attached hydrogen (secondary N) is 2. The Morgan fingerprint density at radius 1 is 1.63 bits per heavy atom. The van der Waals surface area contributed by atoms with E-state index in [0.29, 0.717) is 11.7 Å². The zero-order valence-corrected chi connectivity index (χ0v) is 11.3. The topological polar surface area (TPSA) is 59.0 Å². The summed E-state index contributed by atoms with van der Waals surface area (Å²) in [5, 5.41) is 9.61. The molecule has 2 N–H and O–H groups in total. The van der Waals surface area contributed by atoms with Crippen molar-refractivity contribution in [2.45, 2.75) is 19.9 Å². The molecule has 2 heterocycles. The quantitative estimate of drug-likeness (QED) is 0.862. The lowest BCUT2D eigenvalue weighted by Crippen LogP contribution is -2.48. The third-order valence-corrected chi connectivity index (χ3v) is 3.15. The van der Waals surface area contributed by atoms with Crippen molar-refractivity contribution in [2.24, 2.45) is 11.8 Å². The standard InChI is InChI=1S/C11H16F2N4O.ClH/c1-7(8-4-14-5-8)11(18)15-10-2-3-17(16-10)6-9(12)13;/h2-3,7-9,14H,4-6H2,1H3,(H,15,16,18);1H. The van der Waals surface area contributed by atoms with Crippen molar-refractivity contribution in [1.29, 1.82) is 0 Å². The minimum absolute atomic E-state index is 0. The van der Waals surface area contributed by atoms with Gasteiger partial charge in [0, 0.05) is 18.2 Å². The smallest absolute Gasteiger partial charge is 0.257 e. The van der Waals surface area contributed by atoms with Gasteiger partial charge in [-0.05, 0) is 19.0 Å². The molecule has 19 heavy (non-hydrogen) atoms. The lowest BCUT2D eigenvalue weighted by Gasteiger charge is -2.31. The van der Waals surface area contributed by atoms with Crippen molar-refractivity contribution in [3.63, 3.8) is 0 Å². The van der Waals surface area contributed by atoms with Crippen LogP contribution in [0, 0.1) is 11.8 Å². The number of rotatable bonds is 5. The average Bonchev–Trinajstić information content (AvgIpc) is 2.61. The Labute approximate surface area is 116 Å². The highest BCUT2D eigenvalue weighted by Gasteiger charge is 2.28. The van der Waals surface area contributed by atoms with Crippen LogP contribution in [0.25, 0.3) is 0 Å². The monoisotopic (exact) mass is 294 g/mol. The van der Waals surface area contributed by atoms with Crippen LogP contribution in [-0.2, 0) is 11.3 Å². The van der Waals surface area contributed by atoms with E-state index in [1.54, 1.807) is 0 Å². The van der Waals surface area contributed by atoms with Gasteiger partial charge in [-0.15, -0.1) is 12.4 Å². The zero-order valence-electron chi connectivity index (χ0n) is 10.5. The first-order valence-corrected chi connectivity index (χ1v) is 5.89. The van der Waals surface area contributed by atoms with Gasteiger partial charge < -0.3 is 10.6 Å². The number of hydrogen-bond acceptors (Lipinski definition) is 3. The maximum Gasteiger partial charge on any atom is 0.257 e. The number of aromatic nitrogens is 2. The number of carbonyl (C=O) groups is 1. The van der Waals surface area contributed by atoms with Gasteiger partial charge in [0.2, 0.25) is 5.91 Å². The van der Waals surface area contributed by atoms with Crippen LogP contribution in [0.15, 0.2) is 12.3 Å².